The first kappa shape index (κ1) is 13.2. The first-order valence-electron chi connectivity index (χ1n) is 6.84. The number of aliphatic carboxylic acids is 1. The molecular formula is C13H22N2O3. The summed E-state index contributed by atoms with van der Waals surface area (Å²) in [6, 6.07) is -0.225. The molecule has 0 spiro atoms. The summed E-state index contributed by atoms with van der Waals surface area (Å²) in [6.07, 6.45) is 6.31. The van der Waals surface area contributed by atoms with Gasteiger partial charge in [-0.15, -0.1) is 0 Å². The van der Waals surface area contributed by atoms with Gasteiger partial charge in [-0.1, -0.05) is 25.7 Å². The summed E-state index contributed by atoms with van der Waals surface area (Å²) in [5.41, 5.74) is -1.04. The molecule has 0 bridgehead atoms. The van der Waals surface area contributed by atoms with Crippen LogP contribution in [-0.4, -0.2) is 28.7 Å². The molecule has 0 saturated heterocycles. The zero-order valence-corrected chi connectivity index (χ0v) is 10.9. The lowest BCUT2D eigenvalue weighted by molar-refractivity contribution is -0.144. The molecule has 3 N–H and O–H groups in total. The Balaban J connectivity index is 1.82. The van der Waals surface area contributed by atoms with Gasteiger partial charge >= 0.3 is 12.0 Å². The van der Waals surface area contributed by atoms with E-state index in [1.54, 1.807) is 0 Å². The van der Waals surface area contributed by atoms with Crippen molar-refractivity contribution in [2.45, 2.75) is 63.5 Å². The number of nitrogens with one attached hydrogen (secondary N) is 2. The van der Waals surface area contributed by atoms with Crippen LogP contribution in [0.1, 0.15) is 51.9 Å². The lowest BCUT2D eigenvalue weighted by Crippen LogP contribution is -2.56. The molecular weight excluding hydrogens is 232 g/mol. The fourth-order valence-electron chi connectivity index (χ4n) is 2.76. The van der Waals surface area contributed by atoms with Crippen molar-refractivity contribution in [1.29, 1.82) is 0 Å². The minimum atomic E-state index is -1.04. The lowest BCUT2D eigenvalue weighted by Gasteiger charge is -2.26. The van der Waals surface area contributed by atoms with Crippen LogP contribution in [0.15, 0.2) is 0 Å². The van der Waals surface area contributed by atoms with Crippen molar-refractivity contribution in [2.24, 2.45) is 5.92 Å². The van der Waals surface area contributed by atoms with Gasteiger partial charge < -0.3 is 15.7 Å². The topological polar surface area (TPSA) is 78.4 Å². The Bertz CT molecular complexity index is 333. The van der Waals surface area contributed by atoms with Crippen molar-refractivity contribution in [3.63, 3.8) is 0 Å². The van der Waals surface area contributed by atoms with Gasteiger partial charge in [0.1, 0.15) is 5.54 Å². The number of carbonyl (C=O) groups is 2. The van der Waals surface area contributed by atoms with Gasteiger partial charge in [-0.25, -0.2) is 9.59 Å². The highest BCUT2D eigenvalue weighted by molar-refractivity contribution is 5.86. The van der Waals surface area contributed by atoms with Crippen molar-refractivity contribution in [3.05, 3.63) is 0 Å². The van der Waals surface area contributed by atoms with E-state index in [0.29, 0.717) is 12.8 Å². The monoisotopic (exact) mass is 254 g/mol. The molecule has 1 unspecified atom stereocenters. The summed E-state index contributed by atoms with van der Waals surface area (Å²) in [6.45, 7) is 1.97. The molecule has 0 aliphatic heterocycles. The molecule has 1 atom stereocenters. The molecule has 18 heavy (non-hydrogen) atoms. The van der Waals surface area contributed by atoms with E-state index < -0.39 is 11.5 Å². The van der Waals surface area contributed by atoms with Crippen LogP contribution in [0.25, 0.3) is 0 Å². The first-order valence-corrected chi connectivity index (χ1v) is 6.84. The van der Waals surface area contributed by atoms with Gasteiger partial charge in [0, 0.05) is 6.04 Å². The van der Waals surface area contributed by atoms with Gasteiger partial charge in [0.25, 0.3) is 0 Å². The van der Waals surface area contributed by atoms with Gasteiger partial charge in [-0.3, -0.25) is 0 Å². The molecule has 2 rings (SSSR count). The van der Waals surface area contributed by atoms with E-state index in [1.165, 1.54) is 12.8 Å². The van der Waals surface area contributed by atoms with E-state index >= 15 is 0 Å². The number of rotatable bonds is 5. The second-order valence-corrected chi connectivity index (χ2v) is 5.77. The van der Waals surface area contributed by atoms with E-state index in [2.05, 4.69) is 10.6 Å². The molecule has 0 aromatic rings. The normalized spacial score (nSPS) is 23.4. The standard InChI is InChI=1S/C13H22N2O3/c1-9(8-10-4-5-10)14-12(18)15-13(11(16)17)6-2-3-7-13/h9-10H,2-8H2,1H3,(H,16,17)(H2,14,15,18). The van der Waals surface area contributed by atoms with Crippen LogP contribution in [-0.2, 0) is 4.79 Å². The van der Waals surface area contributed by atoms with Gasteiger partial charge in [-0.05, 0) is 32.1 Å². The van der Waals surface area contributed by atoms with Crippen molar-refractivity contribution < 1.29 is 14.7 Å². The predicted molar refractivity (Wildman–Crippen MR) is 67.3 cm³/mol. The predicted octanol–water partition coefficient (Wildman–Crippen LogP) is 1.87. The second-order valence-electron chi connectivity index (χ2n) is 5.77. The van der Waals surface area contributed by atoms with Crippen LogP contribution >= 0.6 is 0 Å². The summed E-state index contributed by atoms with van der Waals surface area (Å²) in [4.78, 5) is 23.1. The first-order chi connectivity index (χ1) is 8.52. The summed E-state index contributed by atoms with van der Waals surface area (Å²) >= 11 is 0. The van der Waals surface area contributed by atoms with Gasteiger partial charge in [0.15, 0.2) is 0 Å². The molecule has 0 heterocycles. The van der Waals surface area contributed by atoms with Crippen LogP contribution in [0.4, 0.5) is 4.79 Å². The molecule has 2 fully saturated rings. The lowest BCUT2D eigenvalue weighted by atomic mass is 9.98. The number of urea groups is 1. The largest absolute Gasteiger partial charge is 0.480 e. The molecule has 0 aromatic heterocycles. The smallest absolute Gasteiger partial charge is 0.329 e. The summed E-state index contributed by atoms with van der Waals surface area (Å²) in [5, 5.41) is 14.8. The number of hydrogen-bond donors (Lipinski definition) is 3. The van der Waals surface area contributed by atoms with E-state index in [0.717, 1.165) is 25.2 Å². The Morgan fingerprint density at radius 2 is 1.94 bits per heavy atom. The van der Waals surface area contributed by atoms with E-state index in [9.17, 15) is 14.7 Å². The maximum absolute atomic E-state index is 11.8. The number of amides is 2. The summed E-state index contributed by atoms with van der Waals surface area (Å²) < 4.78 is 0. The van der Waals surface area contributed by atoms with E-state index in [1.807, 2.05) is 6.92 Å². The van der Waals surface area contributed by atoms with Crippen LogP contribution in [0.2, 0.25) is 0 Å². The molecule has 5 heteroatoms. The fourth-order valence-corrected chi connectivity index (χ4v) is 2.76. The number of carboxylic acid groups (broad SMARTS) is 1. The van der Waals surface area contributed by atoms with Gasteiger partial charge in [0.2, 0.25) is 0 Å². The average molecular weight is 254 g/mol. The molecule has 0 radical (unpaired) electrons. The zero-order chi connectivity index (χ0) is 13.2. The van der Waals surface area contributed by atoms with Gasteiger partial charge in [-0.2, -0.15) is 0 Å². The maximum Gasteiger partial charge on any atom is 0.329 e. The molecule has 2 aliphatic carbocycles. The SMILES string of the molecule is CC(CC1CC1)NC(=O)NC1(C(=O)O)CCCC1. The van der Waals surface area contributed by atoms with Crippen LogP contribution in [0.3, 0.4) is 0 Å². The van der Waals surface area contributed by atoms with Crippen molar-refractivity contribution in [3.8, 4) is 0 Å². The van der Waals surface area contributed by atoms with Crippen LogP contribution < -0.4 is 10.6 Å². The zero-order valence-electron chi connectivity index (χ0n) is 10.9. The second kappa shape index (κ2) is 5.16. The van der Waals surface area contributed by atoms with E-state index in [4.69, 9.17) is 0 Å². The fraction of sp³-hybridized carbons (Fsp3) is 0.846. The van der Waals surface area contributed by atoms with Crippen molar-refractivity contribution in [2.75, 3.05) is 0 Å². The molecule has 2 amide bonds. The molecule has 2 saturated carbocycles. The van der Waals surface area contributed by atoms with Gasteiger partial charge in [0.05, 0.1) is 0 Å². The van der Waals surface area contributed by atoms with Crippen molar-refractivity contribution in [1.82, 2.24) is 10.6 Å². The number of carbonyl (C=O) groups excluding carboxylic acids is 1. The summed E-state index contributed by atoms with van der Waals surface area (Å²) in [5.74, 6) is -0.162. The van der Waals surface area contributed by atoms with Crippen LogP contribution in [0.5, 0.6) is 0 Å². The third-order valence-electron chi connectivity index (χ3n) is 3.98. The molecule has 102 valence electrons. The maximum atomic E-state index is 11.8. The van der Waals surface area contributed by atoms with Crippen molar-refractivity contribution >= 4 is 12.0 Å². The minimum Gasteiger partial charge on any atom is -0.480 e. The highest BCUT2D eigenvalue weighted by Gasteiger charge is 2.42. The van der Waals surface area contributed by atoms with E-state index in [-0.39, 0.29) is 12.1 Å². The van der Waals surface area contributed by atoms with Crippen LogP contribution in [0, 0.1) is 5.92 Å². The Morgan fingerprint density at radius 1 is 1.33 bits per heavy atom. The Labute approximate surface area is 107 Å². The Kier molecular flexibility index (Phi) is 3.78. The molecule has 0 aromatic carbocycles. The molecule has 2 aliphatic rings. The minimum absolute atomic E-state index is 0.116. The quantitative estimate of drug-likeness (QED) is 0.701. The Hall–Kier alpha value is -1.26. The average Bonchev–Trinajstić information content (AvgIpc) is 2.94. The third-order valence-corrected chi connectivity index (χ3v) is 3.98. The molecule has 5 nitrogen and oxygen atoms in total. The number of hydrogen-bond acceptors (Lipinski definition) is 2. The highest BCUT2D eigenvalue weighted by atomic mass is 16.4. The third kappa shape index (κ3) is 3.15. The highest BCUT2D eigenvalue weighted by Crippen LogP contribution is 2.33. The summed E-state index contributed by atoms with van der Waals surface area (Å²) in [7, 11) is 0. The number of carboxylic acids is 1. The Morgan fingerprint density at radius 3 is 2.44 bits per heavy atom.